The molecular weight excluding hydrogens is 232 g/mol. The molecule has 1 heterocycles. The molecule has 0 amide bonds. The van der Waals surface area contributed by atoms with Gasteiger partial charge in [-0.15, -0.1) is 0 Å². The predicted molar refractivity (Wildman–Crippen MR) is 67.4 cm³/mol. The van der Waals surface area contributed by atoms with E-state index in [1.165, 1.54) is 0 Å². The fourth-order valence-electron chi connectivity index (χ4n) is 2.12. The summed E-state index contributed by atoms with van der Waals surface area (Å²) in [6, 6.07) is 4.49. The summed E-state index contributed by atoms with van der Waals surface area (Å²) in [4.78, 5) is 10.7. The minimum atomic E-state index is -1.02. The van der Waals surface area contributed by atoms with E-state index in [2.05, 4.69) is 0 Å². The van der Waals surface area contributed by atoms with E-state index in [0.29, 0.717) is 0 Å². The standard InChI is InChI=1S/C13H18N2O3/c14-10(7-11(15)13(16)17)8-3-4-12-9(6-8)2-1-5-18-12/h3-4,6,10-11H,1-2,5,7,14-15H2,(H,16,17). The SMILES string of the molecule is NC(CC(N)c1ccc2c(c1)CCCO2)C(=O)O. The average Bonchev–Trinajstić information content (AvgIpc) is 2.37. The highest BCUT2D eigenvalue weighted by Crippen LogP contribution is 2.28. The van der Waals surface area contributed by atoms with Crippen molar-refractivity contribution in [2.24, 2.45) is 11.5 Å². The molecule has 0 saturated carbocycles. The molecule has 5 N–H and O–H groups in total. The van der Waals surface area contributed by atoms with E-state index < -0.39 is 12.0 Å². The van der Waals surface area contributed by atoms with Gasteiger partial charge in [0.05, 0.1) is 6.61 Å². The summed E-state index contributed by atoms with van der Waals surface area (Å²) in [6.07, 6.45) is 2.20. The Kier molecular flexibility index (Phi) is 3.84. The molecule has 0 saturated heterocycles. The number of fused-ring (bicyclic) bond motifs is 1. The Morgan fingerprint density at radius 1 is 1.44 bits per heavy atom. The van der Waals surface area contributed by atoms with Crippen LogP contribution in [0, 0.1) is 0 Å². The number of hydrogen-bond acceptors (Lipinski definition) is 4. The second kappa shape index (κ2) is 5.37. The maximum Gasteiger partial charge on any atom is 0.320 e. The van der Waals surface area contributed by atoms with Gasteiger partial charge < -0.3 is 21.3 Å². The smallest absolute Gasteiger partial charge is 0.320 e. The molecule has 0 bridgehead atoms. The van der Waals surface area contributed by atoms with Gasteiger partial charge in [-0.3, -0.25) is 4.79 Å². The lowest BCUT2D eigenvalue weighted by Gasteiger charge is -2.20. The third kappa shape index (κ3) is 2.80. The number of nitrogens with two attached hydrogens (primary N) is 2. The Morgan fingerprint density at radius 2 is 2.22 bits per heavy atom. The van der Waals surface area contributed by atoms with Crippen molar-refractivity contribution in [2.45, 2.75) is 31.3 Å². The predicted octanol–water partition coefficient (Wildman–Crippen LogP) is 0.813. The summed E-state index contributed by atoms with van der Waals surface area (Å²) >= 11 is 0. The van der Waals surface area contributed by atoms with Gasteiger partial charge in [0.2, 0.25) is 0 Å². The average molecular weight is 250 g/mol. The summed E-state index contributed by atoms with van der Waals surface area (Å²) < 4.78 is 5.52. The molecule has 2 atom stereocenters. The van der Waals surface area contributed by atoms with Crippen molar-refractivity contribution in [3.63, 3.8) is 0 Å². The molecule has 5 heteroatoms. The third-order valence-electron chi connectivity index (χ3n) is 3.19. The van der Waals surface area contributed by atoms with Crippen LogP contribution in [0.15, 0.2) is 18.2 Å². The fourth-order valence-corrected chi connectivity index (χ4v) is 2.12. The first-order chi connectivity index (χ1) is 8.58. The number of rotatable bonds is 4. The largest absolute Gasteiger partial charge is 0.493 e. The minimum absolute atomic E-state index is 0.231. The van der Waals surface area contributed by atoms with Crippen LogP contribution in [-0.2, 0) is 11.2 Å². The van der Waals surface area contributed by atoms with E-state index in [1.807, 2.05) is 18.2 Å². The lowest BCUT2D eigenvalue weighted by atomic mass is 9.96. The van der Waals surface area contributed by atoms with Crippen molar-refractivity contribution in [3.8, 4) is 5.75 Å². The third-order valence-corrected chi connectivity index (χ3v) is 3.19. The number of ether oxygens (including phenoxy) is 1. The van der Waals surface area contributed by atoms with Crippen molar-refractivity contribution in [1.82, 2.24) is 0 Å². The number of carbonyl (C=O) groups is 1. The Balaban J connectivity index is 2.11. The van der Waals surface area contributed by atoms with Gasteiger partial charge in [-0.1, -0.05) is 12.1 Å². The summed E-state index contributed by atoms with van der Waals surface area (Å²) in [5.74, 6) is -0.119. The molecule has 0 radical (unpaired) electrons. The number of carboxylic acids is 1. The van der Waals surface area contributed by atoms with Crippen LogP contribution >= 0.6 is 0 Å². The number of benzene rings is 1. The number of aryl methyl sites for hydroxylation is 1. The summed E-state index contributed by atoms with van der Waals surface area (Å²) in [5, 5.41) is 8.77. The molecule has 1 aromatic carbocycles. The van der Waals surface area contributed by atoms with Gasteiger partial charge in [0.1, 0.15) is 11.8 Å². The zero-order valence-corrected chi connectivity index (χ0v) is 10.1. The highest BCUT2D eigenvalue weighted by atomic mass is 16.5. The summed E-state index contributed by atoms with van der Waals surface area (Å²) in [6.45, 7) is 0.752. The van der Waals surface area contributed by atoms with Crippen molar-refractivity contribution >= 4 is 5.97 Å². The topological polar surface area (TPSA) is 98.6 Å². The van der Waals surface area contributed by atoms with Crippen LogP contribution in [0.1, 0.15) is 30.0 Å². The van der Waals surface area contributed by atoms with Crippen LogP contribution in [0.5, 0.6) is 5.75 Å². The summed E-state index contributed by atoms with van der Waals surface area (Å²) in [5.41, 5.74) is 13.5. The van der Waals surface area contributed by atoms with Crippen molar-refractivity contribution in [1.29, 1.82) is 0 Å². The van der Waals surface area contributed by atoms with Crippen LogP contribution < -0.4 is 16.2 Å². The molecule has 2 rings (SSSR count). The molecule has 0 aliphatic carbocycles. The zero-order chi connectivity index (χ0) is 13.1. The zero-order valence-electron chi connectivity index (χ0n) is 10.1. The van der Waals surface area contributed by atoms with E-state index in [1.54, 1.807) is 0 Å². The highest BCUT2D eigenvalue weighted by Gasteiger charge is 2.19. The van der Waals surface area contributed by atoms with Gasteiger partial charge in [0.25, 0.3) is 0 Å². The molecule has 98 valence electrons. The first-order valence-electron chi connectivity index (χ1n) is 6.07. The van der Waals surface area contributed by atoms with Gasteiger partial charge in [0, 0.05) is 6.04 Å². The molecule has 1 aliphatic heterocycles. The normalized spacial score (nSPS) is 17.4. The van der Waals surface area contributed by atoms with Crippen molar-refractivity contribution in [3.05, 3.63) is 29.3 Å². The monoisotopic (exact) mass is 250 g/mol. The number of aliphatic carboxylic acids is 1. The second-order valence-corrected chi connectivity index (χ2v) is 4.61. The molecule has 0 spiro atoms. The lowest BCUT2D eigenvalue weighted by Crippen LogP contribution is -2.33. The van der Waals surface area contributed by atoms with Gasteiger partial charge in [-0.25, -0.2) is 0 Å². The first-order valence-corrected chi connectivity index (χ1v) is 6.07. The number of carboxylic acid groups (broad SMARTS) is 1. The van der Waals surface area contributed by atoms with Gasteiger partial charge in [-0.05, 0) is 36.5 Å². The Hall–Kier alpha value is -1.59. The van der Waals surface area contributed by atoms with Crippen LogP contribution in [0.25, 0.3) is 0 Å². The summed E-state index contributed by atoms with van der Waals surface area (Å²) in [7, 11) is 0. The Morgan fingerprint density at radius 3 is 2.94 bits per heavy atom. The molecule has 0 aromatic heterocycles. The van der Waals surface area contributed by atoms with E-state index in [9.17, 15) is 4.79 Å². The molecule has 1 aliphatic rings. The van der Waals surface area contributed by atoms with E-state index >= 15 is 0 Å². The molecule has 0 fully saturated rings. The quantitative estimate of drug-likeness (QED) is 0.734. The van der Waals surface area contributed by atoms with Crippen LogP contribution in [0.2, 0.25) is 0 Å². The van der Waals surface area contributed by atoms with Gasteiger partial charge >= 0.3 is 5.97 Å². The Labute approximate surface area is 106 Å². The van der Waals surface area contributed by atoms with E-state index in [0.717, 1.165) is 36.3 Å². The van der Waals surface area contributed by atoms with E-state index in [-0.39, 0.29) is 12.5 Å². The second-order valence-electron chi connectivity index (χ2n) is 4.61. The van der Waals surface area contributed by atoms with Crippen LogP contribution in [0.3, 0.4) is 0 Å². The van der Waals surface area contributed by atoms with Gasteiger partial charge in [-0.2, -0.15) is 0 Å². The van der Waals surface area contributed by atoms with Crippen LogP contribution in [-0.4, -0.2) is 23.7 Å². The van der Waals surface area contributed by atoms with Crippen molar-refractivity contribution < 1.29 is 14.6 Å². The molecule has 2 unspecified atom stereocenters. The molecule has 18 heavy (non-hydrogen) atoms. The maximum absolute atomic E-state index is 10.7. The van der Waals surface area contributed by atoms with Gasteiger partial charge in [0.15, 0.2) is 0 Å². The molecule has 5 nitrogen and oxygen atoms in total. The fraction of sp³-hybridized carbons (Fsp3) is 0.462. The van der Waals surface area contributed by atoms with Crippen LogP contribution in [0.4, 0.5) is 0 Å². The molecule has 1 aromatic rings. The Bertz CT molecular complexity index is 448. The molecular formula is C13H18N2O3. The highest BCUT2D eigenvalue weighted by molar-refractivity contribution is 5.73. The van der Waals surface area contributed by atoms with E-state index in [4.69, 9.17) is 21.3 Å². The lowest BCUT2D eigenvalue weighted by molar-refractivity contribution is -0.138. The minimum Gasteiger partial charge on any atom is -0.493 e. The number of hydrogen-bond donors (Lipinski definition) is 3. The first kappa shape index (κ1) is 12.9. The maximum atomic E-state index is 10.7. The van der Waals surface area contributed by atoms with Crippen molar-refractivity contribution in [2.75, 3.05) is 6.61 Å².